The number of piperidine rings is 1. The van der Waals surface area contributed by atoms with Gasteiger partial charge in [0.25, 0.3) is 0 Å². The lowest BCUT2D eigenvalue weighted by Gasteiger charge is -2.33. The van der Waals surface area contributed by atoms with Gasteiger partial charge in [0.15, 0.2) is 5.82 Å². The van der Waals surface area contributed by atoms with E-state index in [2.05, 4.69) is 28.1 Å². The fourth-order valence-corrected chi connectivity index (χ4v) is 2.79. The van der Waals surface area contributed by atoms with Crippen LogP contribution in [0.1, 0.15) is 49.4 Å². The van der Waals surface area contributed by atoms with Crippen LogP contribution in [0.25, 0.3) is 0 Å². The van der Waals surface area contributed by atoms with Crippen LogP contribution >= 0.6 is 0 Å². The summed E-state index contributed by atoms with van der Waals surface area (Å²) in [6, 6.07) is 2.29. The second-order valence-corrected chi connectivity index (χ2v) is 5.44. The maximum absolute atomic E-state index is 9.35. The van der Waals surface area contributed by atoms with Gasteiger partial charge in [-0.25, -0.2) is 0 Å². The Balaban J connectivity index is 2.16. The van der Waals surface area contributed by atoms with Crippen LogP contribution in [0.2, 0.25) is 0 Å². The molecule has 1 aromatic rings. The van der Waals surface area contributed by atoms with Crippen LogP contribution in [0, 0.1) is 31.1 Å². The fraction of sp³-hybridized carbons (Fsp3) is 0.667. The Bertz CT molecular complexity index is 482. The standard InChI is InChI=1S/C15H22N4/c1-4-5-13-6-8-19(9-7-13)15-14(10-16)11(2)12(3)17-18-15/h13H,4-9H2,1-3H3. The van der Waals surface area contributed by atoms with Crippen LogP contribution in [0.15, 0.2) is 0 Å². The van der Waals surface area contributed by atoms with E-state index in [1.807, 2.05) is 13.8 Å². The predicted molar refractivity (Wildman–Crippen MR) is 76.1 cm³/mol. The second kappa shape index (κ2) is 6.01. The zero-order chi connectivity index (χ0) is 13.8. The Kier molecular flexibility index (Phi) is 4.36. The molecule has 0 N–H and O–H groups in total. The summed E-state index contributed by atoms with van der Waals surface area (Å²) in [4.78, 5) is 2.23. The number of nitrogens with zero attached hydrogens (tertiary/aromatic N) is 4. The average molecular weight is 258 g/mol. The van der Waals surface area contributed by atoms with Crippen LogP contribution in [-0.2, 0) is 0 Å². The topological polar surface area (TPSA) is 52.8 Å². The van der Waals surface area contributed by atoms with E-state index in [9.17, 15) is 5.26 Å². The molecular weight excluding hydrogens is 236 g/mol. The normalized spacial score (nSPS) is 16.4. The molecule has 4 nitrogen and oxygen atoms in total. The van der Waals surface area contributed by atoms with Gasteiger partial charge in [-0.15, -0.1) is 5.10 Å². The highest BCUT2D eigenvalue weighted by Crippen LogP contribution is 2.28. The highest BCUT2D eigenvalue weighted by atomic mass is 15.3. The second-order valence-electron chi connectivity index (χ2n) is 5.44. The minimum Gasteiger partial charge on any atom is -0.354 e. The van der Waals surface area contributed by atoms with Crippen molar-refractivity contribution < 1.29 is 0 Å². The average Bonchev–Trinajstić information content (AvgIpc) is 2.43. The zero-order valence-electron chi connectivity index (χ0n) is 12.1. The fourth-order valence-electron chi connectivity index (χ4n) is 2.79. The van der Waals surface area contributed by atoms with Gasteiger partial charge in [-0.3, -0.25) is 0 Å². The maximum Gasteiger partial charge on any atom is 0.169 e. The van der Waals surface area contributed by atoms with Gasteiger partial charge in [0.05, 0.1) is 5.69 Å². The lowest BCUT2D eigenvalue weighted by atomic mass is 9.92. The molecule has 0 radical (unpaired) electrons. The Hall–Kier alpha value is -1.63. The van der Waals surface area contributed by atoms with E-state index < -0.39 is 0 Å². The molecule has 4 heteroatoms. The van der Waals surface area contributed by atoms with Gasteiger partial charge in [-0.05, 0) is 38.2 Å². The Morgan fingerprint density at radius 2 is 1.95 bits per heavy atom. The summed E-state index contributed by atoms with van der Waals surface area (Å²) in [7, 11) is 0. The number of nitriles is 1. The van der Waals surface area contributed by atoms with Crippen molar-refractivity contribution in [3.63, 3.8) is 0 Å². The SMILES string of the molecule is CCCC1CCN(c2nnc(C)c(C)c2C#N)CC1. The van der Waals surface area contributed by atoms with Gasteiger partial charge in [0.2, 0.25) is 0 Å². The smallest absolute Gasteiger partial charge is 0.169 e. The van der Waals surface area contributed by atoms with E-state index >= 15 is 0 Å². The number of aromatic nitrogens is 2. The molecule has 0 saturated carbocycles. The first kappa shape index (κ1) is 13.8. The maximum atomic E-state index is 9.35. The molecule has 0 unspecified atom stereocenters. The van der Waals surface area contributed by atoms with Gasteiger partial charge < -0.3 is 4.90 Å². The van der Waals surface area contributed by atoms with Crippen LogP contribution < -0.4 is 4.90 Å². The van der Waals surface area contributed by atoms with E-state index in [1.165, 1.54) is 25.7 Å². The van der Waals surface area contributed by atoms with E-state index in [0.29, 0.717) is 5.56 Å². The molecule has 0 atom stereocenters. The van der Waals surface area contributed by atoms with Crippen LogP contribution in [0.5, 0.6) is 0 Å². The Morgan fingerprint density at radius 1 is 1.26 bits per heavy atom. The predicted octanol–water partition coefficient (Wildman–Crippen LogP) is 2.98. The van der Waals surface area contributed by atoms with Gasteiger partial charge in [0.1, 0.15) is 11.6 Å². The minimum atomic E-state index is 0.696. The lowest BCUT2D eigenvalue weighted by molar-refractivity contribution is 0.376. The summed E-state index contributed by atoms with van der Waals surface area (Å²) < 4.78 is 0. The lowest BCUT2D eigenvalue weighted by Crippen LogP contribution is -2.35. The first-order valence-electron chi connectivity index (χ1n) is 7.16. The molecule has 1 aliphatic heterocycles. The molecule has 19 heavy (non-hydrogen) atoms. The highest BCUT2D eigenvalue weighted by molar-refractivity contribution is 5.57. The summed E-state index contributed by atoms with van der Waals surface area (Å²) in [5, 5.41) is 17.8. The Morgan fingerprint density at radius 3 is 2.53 bits per heavy atom. The van der Waals surface area contributed by atoms with E-state index in [0.717, 1.165) is 36.1 Å². The van der Waals surface area contributed by atoms with Crippen LogP contribution in [-0.4, -0.2) is 23.3 Å². The number of aryl methyl sites for hydroxylation is 1. The molecular formula is C15H22N4. The van der Waals surface area contributed by atoms with Gasteiger partial charge in [-0.1, -0.05) is 19.8 Å². The third-order valence-electron chi connectivity index (χ3n) is 4.16. The molecule has 0 spiro atoms. The number of hydrogen-bond donors (Lipinski definition) is 0. The summed E-state index contributed by atoms with van der Waals surface area (Å²) in [5.74, 6) is 1.62. The molecule has 0 amide bonds. The molecule has 0 bridgehead atoms. The number of hydrogen-bond acceptors (Lipinski definition) is 4. The van der Waals surface area contributed by atoms with Crippen molar-refractivity contribution in [2.45, 2.75) is 46.5 Å². The summed E-state index contributed by atoms with van der Waals surface area (Å²) in [6.45, 7) is 8.10. The summed E-state index contributed by atoms with van der Waals surface area (Å²) >= 11 is 0. The molecule has 1 saturated heterocycles. The number of rotatable bonds is 3. The van der Waals surface area contributed by atoms with Crippen molar-refractivity contribution in [3.05, 3.63) is 16.8 Å². The molecule has 1 aliphatic rings. The van der Waals surface area contributed by atoms with Crippen molar-refractivity contribution in [1.82, 2.24) is 10.2 Å². The summed E-state index contributed by atoms with van der Waals surface area (Å²) in [6.07, 6.45) is 4.98. The van der Waals surface area contributed by atoms with Crippen molar-refractivity contribution in [1.29, 1.82) is 5.26 Å². The third kappa shape index (κ3) is 2.86. The third-order valence-corrected chi connectivity index (χ3v) is 4.16. The molecule has 2 rings (SSSR count). The molecule has 0 aliphatic carbocycles. The first-order valence-corrected chi connectivity index (χ1v) is 7.16. The van der Waals surface area contributed by atoms with E-state index in [4.69, 9.17) is 0 Å². The zero-order valence-corrected chi connectivity index (χ0v) is 12.1. The van der Waals surface area contributed by atoms with Crippen molar-refractivity contribution in [2.24, 2.45) is 5.92 Å². The van der Waals surface area contributed by atoms with Gasteiger partial charge >= 0.3 is 0 Å². The quantitative estimate of drug-likeness (QED) is 0.836. The van der Waals surface area contributed by atoms with Crippen molar-refractivity contribution >= 4 is 5.82 Å². The first-order chi connectivity index (χ1) is 9.17. The number of anilines is 1. The van der Waals surface area contributed by atoms with Crippen molar-refractivity contribution in [2.75, 3.05) is 18.0 Å². The minimum absolute atomic E-state index is 0.696. The summed E-state index contributed by atoms with van der Waals surface area (Å²) in [5.41, 5.74) is 2.51. The van der Waals surface area contributed by atoms with Gasteiger partial charge in [0, 0.05) is 13.1 Å². The molecule has 0 aromatic carbocycles. The molecule has 1 fully saturated rings. The van der Waals surface area contributed by atoms with Gasteiger partial charge in [-0.2, -0.15) is 10.4 Å². The monoisotopic (exact) mass is 258 g/mol. The van der Waals surface area contributed by atoms with Crippen molar-refractivity contribution in [3.8, 4) is 6.07 Å². The highest BCUT2D eigenvalue weighted by Gasteiger charge is 2.23. The molecule has 102 valence electrons. The van der Waals surface area contributed by atoms with Crippen LogP contribution in [0.3, 0.4) is 0 Å². The Labute approximate surface area is 115 Å². The molecule has 1 aromatic heterocycles. The van der Waals surface area contributed by atoms with E-state index in [-0.39, 0.29) is 0 Å². The van der Waals surface area contributed by atoms with Crippen LogP contribution in [0.4, 0.5) is 5.82 Å². The largest absolute Gasteiger partial charge is 0.354 e. The van der Waals surface area contributed by atoms with E-state index in [1.54, 1.807) is 0 Å². The molecule has 2 heterocycles.